The summed E-state index contributed by atoms with van der Waals surface area (Å²) in [6.07, 6.45) is 0.757. The minimum absolute atomic E-state index is 0.170. The zero-order valence-corrected chi connectivity index (χ0v) is 14.2. The highest BCUT2D eigenvalue weighted by Gasteiger charge is 2.38. The van der Waals surface area contributed by atoms with Gasteiger partial charge in [-0.05, 0) is 24.1 Å². The van der Waals surface area contributed by atoms with Gasteiger partial charge in [0.2, 0.25) is 0 Å². The van der Waals surface area contributed by atoms with E-state index in [4.69, 9.17) is 4.74 Å². The Kier molecular flexibility index (Phi) is 5.29. The fraction of sp³-hybridized carbons (Fsp3) is 0.412. The van der Waals surface area contributed by atoms with E-state index in [1.54, 1.807) is 19.2 Å². The molecule has 1 heterocycles. The van der Waals surface area contributed by atoms with Crippen LogP contribution in [-0.2, 0) is 9.59 Å². The number of benzene rings is 1. The zero-order valence-electron chi connectivity index (χ0n) is 13.4. The second kappa shape index (κ2) is 7.01. The standard InChI is InChI=1S/C17H21NO3S/c1-5-10-18-16(19)14(15(17(18)20)22-11(2)3)12-6-8-13(21-4)9-7-12/h6-9,11H,5,10H2,1-4H3. The van der Waals surface area contributed by atoms with E-state index in [0.29, 0.717) is 17.0 Å². The average Bonchev–Trinajstić information content (AvgIpc) is 2.72. The van der Waals surface area contributed by atoms with Gasteiger partial charge in [-0.15, -0.1) is 11.8 Å². The van der Waals surface area contributed by atoms with E-state index in [0.717, 1.165) is 17.7 Å². The smallest absolute Gasteiger partial charge is 0.267 e. The summed E-state index contributed by atoms with van der Waals surface area (Å²) in [5.74, 6) is 0.362. The van der Waals surface area contributed by atoms with Crippen molar-refractivity contribution in [3.05, 3.63) is 34.7 Å². The largest absolute Gasteiger partial charge is 0.497 e. The van der Waals surface area contributed by atoms with Crippen molar-refractivity contribution in [2.24, 2.45) is 0 Å². The van der Waals surface area contributed by atoms with Crippen LogP contribution < -0.4 is 4.74 Å². The molecule has 4 nitrogen and oxygen atoms in total. The number of carbonyl (C=O) groups excluding carboxylic acids is 2. The number of carbonyl (C=O) groups is 2. The number of imide groups is 1. The van der Waals surface area contributed by atoms with Gasteiger partial charge in [-0.3, -0.25) is 14.5 Å². The maximum atomic E-state index is 12.7. The third-order valence-corrected chi connectivity index (χ3v) is 4.39. The second-order valence-electron chi connectivity index (χ2n) is 5.36. The maximum Gasteiger partial charge on any atom is 0.267 e. The van der Waals surface area contributed by atoms with Gasteiger partial charge in [0.1, 0.15) is 5.75 Å². The Morgan fingerprint density at radius 3 is 2.27 bits per heavy atom. The van der Waals surface area contributed by atoms with Gasteiger partial charge < -0.3 is 4.74 Å². The van der Waals surface area contributed by atoms with Crippen molar-refractivity contribution in [3.8, 4) is 5.75 Å². The van der Waals surface area contributed by atoms with E-state index in [1.165, 1.54) is 16.7 Å². The molecule has 1 aromatic rings. The van der Waals surface area contributed by atoms with Crippen molar-refractivity contribution in [3.63, 3.8) is 0 Å². The van der Waals surface area contributed by atoms with E-state index in [-0.39, 0.29) is 17.1 Å². The Hall–Kier alpha value is -1.75. The van der Waals surface area contributed by atoms with Gasteiger partial charge in [0, 0.05) is 11.8 Å². The number of rotatable bonds is 6. The molecule has 5 heteroatoms. The minimum atomic E-state index is -0.194. The molecule has 0 saturated carbocycles. The van der Waals surface area contributed by atoms with E-state index in [2.05, 4.69) is 0 Å². The molecule has 0 aliphatic carbocycles. The van der Waals surface area contributed by atoms with Crippen LogP contribution in [0.15, 0.2) is 29.2 Å². The number of thioether (sulfide) groups is 1. The van der Waals surface area contributed by atoms with Crippen LogP contribution >= 0.6 is 11.8 Å². The topological polar surface area (TPSA) is 46.6 Å². The first-order chi connectivity index (χ1) is 10.5. The molecular formula is C17H21NO3S. The van der Waals surface area contributed by atoms with Gasteiger partial charge in [-0.2, -0.15) is 0 Å². The second-order valence-corrected chi connectivity index (χ2v) is 6.95. The van der Waals surface area contributed by atoms with Crippen molar-refractivity contribution < 1.29 is 14.3 Å². The highest BCUT2D eigenvalue weighted by Crippen LogP contribution is 2.38. The summed E-state index contributed by atoms with van der Waals surface area (Å²) < 4.78 is 5.15. The molecule has 2 rings (SSSR count). The summed E-state index contributed by atoms with van der Waals surface area (Å²) >= 11 is 1.45. The summed E-state index contributed by atoms with van der Waals surface area (Å²) in [4.78, 5) is 27.1. The van der Waals surface area contributed by atoms with Crippen molar-refractivity contribution in [2.75, 3.05) is 13.7 Å². The van der Waals surface area contributed by atoms with Gasteiger partial charge in [0.05, 0.1) is 17.6 Å². The van der Waals surface area contributed by atoms with E-state index >= 15 is 0 Å². The molecule has 0 saturated heterocycles. The molecule has 2 amide bonds. The summed E-state index contributed by atoms with van der Waals surface area (Å²) in [5.41, 5.74) is 1.28. The van der Waals surface area contributed by atoms with Crippen LogP contribution in [0.4, 0.5) is 0 Å². The molecular weight excluding hydrogens is 298 g/mol. The lowest BCUT2D eigenvalue weighted by Gasteiger charge is -2.13. The zero-order chi connectivity index (χ0) is 16.3. The summed E-state index contributed by atoms with van der Waals surface area (Å²) in [5, 5.41) is 0.238. The molecule has 0 fully saturated rings. The normalized spacial score (nSPS) is 15.2. The van der Waals surface area contributed by atoms with Crippen molar-refractivity contribution in [1.29, 1.82) is 0 Å². The number of nitrogens with zero attached hydrogens (tertiary/aromatic N) is 1. The number of ether oxygens (including phenoxy) is 1. The summed E-state index contributed by atoms with van der Waals surface area (Å²) in [6, 6.07) is 7.27. The minimum Gasteiger partial charge on any atom is -0.497 e. The van der Waals surface area contributed by atoms with Crippen molar-refractivity contribution >= 4 is 29.1 Å². The third-order valence-electron chi connectivity index (χ3n) is 3.30. The van der Waals surface area contributed by atoms with Crippen LogP contribution in [0, 0.1) is 0 Å². The molecule has 118 valence electrons. The van der Waals surface area contributed by atoms with Crippen LogP contribution in [0.25, 0.3) is 5.57 Å². The molecule has 0 N–H and O–H groups in total. The predicted octanol–water partition coefficient (Wildman–Crippen LogP) is 3.33. The molecule has 0 unspecified atom stereocenters. The molecule has 0 aromatic heterocycles. The molecule has 0 atom stereocenters. The molecule has 1 aliphatic heterocycles. The Labute approximate surface area is 135 Å². The van der Waals surface area contributed by atoms with Crippen LogP contribution in [0.2, 0.25) is 0 Å². The van der Waals surface area contributed by atoms with Gasteiger partial charge in [-0.1, -0.05) is 32.9 Å². The molecule has 1 aliphatic rings. The molecule has 22 heavy (non-hydrogen) atoms. The van der Waals surface area contributed by atoms with E-state index in [1.807, 2.05) is 32.9 Å². The lowest BCUT2D eigenvalue weighted by atomic mass is 10.1. The SMILES string of the molecule is CCCN1C(=O)C(SC(C)C)=C(c2ccc(OC)cc2)C1=O. The quantitative estimate of drug-likeness (QED) is 0.755. The molecule has 0 bridgehead atoms. The van der Waals surface area contributed by atoms with Crippen LogP contribution in [0.5, 0.6) is 5.75 Å². The highest BCUT2D eigenvalue weighted by atomic mass is 32.2. The Morgan fingerprint density at radius 2 is 1.77 bits per heavy atom. The van der Waals surface area contributed by atoms with E-state index < -0.39 is 0 Å². The van der Waals surface area contributed by atoms with Gasteiger partial charge >= 0.3 is 0 Å². The number of amides is 2. The molecule has 1 aromatic carbocycles. The Bertz CT molecular complexity index is 605. The van der Waals surface area contributed by atoms with Gasteiger partial charge in [-0.25, -0.2) is 0 Å². The Balaban J connectivity index is 2.46. The highest BCUT2D eigenvalue weighted by molar-refractivity contribution is 8.04. The number of hydrogen-bond acceptors (Lipinski definition) is 4. The maximum absolute atomic E-state index is 12.7. The lowest BCUT2D eigenvalue weighted by Crippen LogP contribution is -2.32. The first-order valence-electron chi connectivity index (χ1n) is 7.41. The van der Waals surface area contributed by atoms with Crippen molar-refractivity contribution in [1.82, 2.24) is 4.90 Å². The third kappa shape index (κ3) is 3.19. The van der Waals surface area contributed by atoms with Crippen LogP contribution in [0.1, 0.15) is 32.8 Å². The fourth-order valence-electron chi connectivity index (χ4n) is 2.34. The fourth-order valence-corrected chi connectivity index (χ4v) is 3.34. The lowest BCUT2D eigenvalue weighted by molar-refractivity contribution is -0.136. The monoisotopic (exact) mass is 319 g/mol. The van der Waals surface area contributed by atoms with E-state index in [9.17, 15) is 9.59 Å². The molecule has 0 spiro atoms. The Morgan fingerprint density at radius 1 is 1.14 bits per heavy atom. The van der Waals surface area contributed by atoms with Crippen molar-refractivity contribution in [2.45, 2.75) is 32.4 Å². The van der Waals surface area contributed by atoms with Gasteiger partial charge in [0.15, 0.2) is 0 Å². The summed E-state index contributed by atoms with van der Waals surface area (Å²) in [7, 11) is 1.60. The number of hydrogen-bond donors (Lipinski definition) is 0. The van der Waals surface area contributed by atoms with Gasteiger partial charge in [0.25, 0.3) is 11.8 Å². The predicted molar refractivity (Wildman–Crippen MR) is 89.7 cm³/mol. The number of methoxy groups -OCH3 is 1. The first kappa shape index (κ1) is 16.6. The molecule has 0 radical (unpaired) electrons. The summed E-state index contributed by atoms with van der Waals surface area (Å²) in [6.45, 7) is 6.45. The first-order valence-corrected chi connectivity index (χ1v) is 8.29. The average molecular weight is 319 g/mol. The van der Waals surface area contributed by atoms with Crippen LogP contribution in [-0.4, -0.2) is 35.6 Å². The van der Waals surface area contributed by atoms with Crippen LogP contribution in [0.3, 0.4) is 0 Å².